The van der Waals surface area contributed by atoms with Gasteiger partial charge in [0.15, 0.2) is 0 Å². The number of likely N-dealkylation sites (tertiary alicyclic amines) is 1. The summed E-state index contributed by atoms with van der Waals surface area (Å²) in [5.41, 5.74) is 0.134. The molecule has 0 aliphatic carbocycles. The van der Waals surface area contributed by atoms with E-state index in [-0.39, 0.29) is 11.3 Å². The smallest absolute Gasteiger partial charge is 0.338 e. The molecule has 1 aliphatic rings. The number of rotatable bonds is 5. The van der Waals surface area contributed by atoms with Gasteiger partial charge < -0.3 is 15.3 Å². The molecular formula is C13H17N3O4. The van der Waals surface area contributed by atoms with Gasteiger partial charge >= 0.3 is 5.97 Å². The molecule has 2 rings (SSSR count). The van der Waals surface area contributed by atoms with Crippen LogP contribution >= 0.6 is 0 Å². The van der Waals surface area contributed by atoms with Crippen molar-refractivity contribution in [2.24, 2.45) is 0 Å². The molecule has 7 nitrogen and oxygen atoms in total. The van der Waals surface area contributed by atoms with E-state index in [0.717, 1.165) is 25.5 Å². The molecule has 1 aromatic rings. The van der Waals surface area contributed by atoms with Crippen LogP contribution in [-0.2, 0) is 0 Å². The number of nitro groups is 1. The second-order valence-corrected chi connectivity index (χ2v) is 4.95. The fraction of sp³-hybridized carbons (Fsp3) is 0.462. The van der Waals surface area contributed by atoms with Gasteiger partial charge in [0.1, 0.15) is 0 Å². The summed E-state index contributed by atoms with van der Waals surface area (Å²) in [5.74, 6) is -1.17. The lowest BCUT2D eigenvalue weighted by Gasteiger charge is -2.20. The first kappa shape index (κ1) is 14.3. The van der Waals surface area contributed by atoms with Gasteiger partial charge in [0.25, 0.3) is 5.69 Å². The Morgan fingerprint density at radius 1 is 1.60 bits per heavy atom. The minimum Gasteiger partial charge on any atom is -0.478 e. The van der Waals surface area contributed by atoms with Crippen molar-refractivity contribution in [3.8, 4) is 0 Å². The summed E-state index contributed by atoms with van der Waals surface area (Å²) < 4.78 is 0. The molecule has 1 saturated heterocycles. The number of aromatic carboxylic acids is 1. The maximum absolute atomic E-state index is 11.2. The summed E-state index contributed by atoms with van der Waals surface area (Å²) in [6.45, 7) is 1.67. The Morgan fingerprint density at radius 2 is 2.35 bits per heavy atom. The van der Waals surface area contributed by atoms with Crippen molar-refractivity contribution in [2.45, 2.75) is 18.9 Å². The molecule has 0 saturated carbocycles. The van der Waals surface area contributed by atoms with E-state index in [1.165, 1.54) is 12.1 Å². The van der Waals surface area contributed by atoms with Crippen LogP contribution in [0.3, 0.4) is 0 Å². The molecule has 0 spiro atoms. The molecule has 1 aromatic carbocycles. The molecule has 0 bridgehead atoms. The molecule has 1 fully saturated rings. The van der Waals surface area contributed by atoms with Crippen LogP contribution in [0.5, 0.6) is 0 Å². The Hall–Kier alpha value is -2.15. The molecule has 1 atom stereocenters. The molecule has 1 aliphatic heterocycles. The molecule has 0 amide bonds. The number of anilines is 1. The van der Waals surface area contributed by atoms with Crippen LogP contribution in [-0.4, -0.2) is 47.1 Å². The van der Waals surface area contributed by atoms with Gasteiger partial charge in [-0.05, 0) is 32.5 Å². The Morgan fingerprint density at radius 3 is 2.90 bits per heavy atom. The second kappa shape index (κ2) is 5.87. The van der Waals surface area contributed by atoms with E-state index in [9.17, 15) is 14.9 Å². The van der Waals surface area contributed by atoms with E-state index in [1.54, 1.807) is 0 Å². The molecule has 1 heterocycles. The third-order valence-electron chi connectivity index (χ3n) is 3.64. The molecule has 7 heteroatoms. The average molecular weight is 279 g/mol. The zero-order valence-corrected chi connectivity index (χ0v) is 11.2. The predicted molar refractivity (Wildman–Crippen MR) is 74.2 cm³/mol. The highest BCUT2D eigenvalue weighted by Gasteiger charge is 2.22. The van der Waals surface area contributed by atoms with E-state index in [0.29, 0.717) is 18.3 Å². The topological polar surface area (TPSA) is 95.7 Å². The summed E-state index contributed by atoms with van der Waals surface area (Å²) in [6, 6.07) is 4.22. The fourth-order valence-electron chi connectivity index (χ4n) is 2.44. The third-order valence-corrected chi connectivity index (χ3v) is 3.64. The van der Waals surface area contributed by atoms with Crippen molar-refractivity contribution >= 4 is 17.3 Å². The van der Waals surface area contributed by atoms with Crippen molar-refractivity contribution in [3.05, 3.63) is 33.9 Å². The number of likely N-dealkylation sites (N-methyl/N-ethyl adjacent to an activating group) is 1. The number of carboxylic acid groups (broad SMARTS) is 1. The van der Waals surface area contributed by atoms with Crippen LogP contribution in [0.25, 0.3) is 0 Å². The van der Waals surface area contributed by atoms with Crippen LogP contribution in [0.1, 0.15) is 23.2 Å². The number of hydrogen-bond acceptors (Lipinski definition) is 5. The molecule has 20 heavy (non-hydrogen) atoms. The van der Waals surface area contributed by atoms with Crippen LogP contribution in [0.4, 0.5) is 11.4 Å². The zero-order chi connectivity index (χ0) is 14.7. The highest BCUT2D eigenvalue weighted by molar-refractivity contribution is 5.95. The standard InChI is InChI=1S/C13H17N3O4/c1-15-6-2-3-10(15)8-14-12-5-4-9(16(19)20)7-11(12)13(17)18/h4-5,7,10,14H,2-3,6,8H2,1H3,(H,17,18). The van der Waals surface area contributed by atoms with Crippen molar-refractivity contribution < 1.29 is 14.8 Å². The molecule has 0 radical (unpaired) electrons. The van der Waals surface area contributed by atoms with Crippen molar-refractivity contribution in [1.29, 1.82) is 0 Å². The normalized spacial score (nSPS) is 18.9. The number of hydrogen-bond donors (Lipinski definition) is 2. The summed E-state index contributed by atoms with van der Waals surface area (Å²) in [5, 5.41) is 22.9. The van der Waals surface area contributed by atoms with E-state index in [4.69, 9.17) is 5.11 Å². The summed E-state index contributed by atoms with van der Waals surface area (Å²) >= 11 is 0. The maximum atomic E-state index is 11.2. The first-order valence-electron chi connectivity index (χ1n) is 6.45. The minimum atomic E-state index is -1.17. The third kappa shape index (κ3) is 3.05. The fourth-order valence-corrected chi connectivity index (χ4v) is 2.44. The van der Waals surface area contributed by atoms with Crippen molar-refractivity contribution in [1.82, 2.24) is 4.90 Å². The van der Waals surface area contributed by atoms with Gasteiger partial charge in [-0.1, -0.05) is 0 Å². The van der Waals surface area contributed by atoms with Gasteiger partial charge in [0.05, 0.1) is 10.5 Å². The van der Waals surface area contributed by atoms with Gasteiger partial charge in [0.2, 0.25) is 0 Å². The molecule has 1 unspecified atom stereocenters. The molecular weight excluding hydrogens is 262 g/mol. The Labute approximate surface area is 116 Å². The predicted octanol–water partition coefficient (Wildman–Crippen LogP) is 1.80. The minimum absolute atomic E-state index is 0.0696. The lowest BCUT2D eigenvalue weighted by atomic mass is 10.1. The van der Waals surface area contributed by atoms with E-state index >= 15 is 0 Å². The van der Waals surface area contributed by atoms with Crippen LogP contribution < -0.4 is 5.32 Å². The highest BCUT2D eigenvalue weighted by atomic mass is 16.6. The number of nitrogens with zero attached hydrogens (tertiary/aromatic N) is 2. The second-order valence-electron chi connectivity index (χ2n) is 4.95. The van der Waals surface area contributed by atoms with E-state index < -0.39 is 10.9 Å². The molecule has 2 N–H and O–H groups in total. The number of benzene rings is 1. The number of nitrogens with one attached hydrogen (secondary N) is 1. The Bertz CT molecular complexity index is 532. The van der Waals surface area contributed by atoms with Gasteiger partial charge in [-0.25, -0.2) is 4.79 Å². The van der Waals surface area contributed by atoms with Crippen molar-refractivity contribution in [3.63, 3.8) is 0 Å². The first-order chi connectivity index (χ1) is 9.49. The van der Waals surface area contributed by atoms with Crippen LogP contribution in [0.2, 0.25) is 0 Å². The Kier molecular flexibility index (Phi) is 4.19. The maximum Gasteiger partial charge on any atom is 0.338 e. The quantitative estimate of drug-likeness (QED) is 0.630. The number of nitro benzene ring substituents is 1. The average Bonchev–Trinajstić information content (AvgIpc) is 2.81. The largest absolute Gasteiger partial charge is 0.478 e. The number of carboxylic acids is 1. The summed E-state index contributed by atoms with van der Waals surface area (Å²) in [7, 11) is 2.04. The van der Waals surface area contributed by atoms with Gasteiger partial charge in [-0.3, -0.25) is 10.1 Å². The van der Waals surface area contributed by atoms with Gasteiger partial charge in [-0.2, -0.15) is 0 Å². The lowest BCUT2D eigenvalue weighted by Crippen LogP contribution is -2.31. The molecule has 108 valence electrons. The monoisotopic (exact) mass is 279 g/mol. The van der Waals surface area contributed by atoms with Gasteiger partial charge in [-0.15, -0.1) is 0 Å². The van der Waals surface area contributed by atoms with Crippen LogP contribution in [0.15, 0.2) is 18.2 Å². The van der Waals surface area contributed by atoms with Crippen LogP contribution in [0, 0.1) is 10.1 Å². The highest BCUT2D eigenvalue weighted by Crippen LogP contribution is 2.23. The summed E-state index contributed by atoms with van der Waals surface area (Å²) in [6.07, 6.45) is 2.20. The Balaban J connectivity index is 2.14. The lowest BCUT2D eigenvalue weighted by molar-refractivity contribution is -0.384. The van der Waals surface area contributed by atoms with E-state index in [1.807, 2.05) is 7.05 Å². The van der Waals surface area contributed by atoms with Gasteiger partial charge in [0, 0.05) is 30.4 Å². The zero-order valence-electron chi connectivity index (χ0n) is 11.2. The number of non-ortho nitro benzene ring substituents is 1. The number of carbonyl (C=O) groups is 1. The SMILES string of the molecule is CN1CCCC1CNc1ccc([N+](=O)[O-])cc1C(=O)O. The van der Waals surface area contributed by atoms with E-state index in [2.05, 4.69) is 10.2 Å². The first-order valence-corrected chi connectivity index (χ1v) is 6.45. The molecule has 0 aromatic heterocycles. The summed E-state index contributed by atoms with van der Waals surface area (Å²) in [4.78, 5) is 23.5. The van der Waals surface area contributed by atoms with Crippen molar-refractivity contribution in [2.75, 3.05) is 25.5 Å².